The summed E-state index contributed by atoms with van der Waals surface area (Å²) in [6, 6.07) is 7.87. The molecule has 2 fully saturated rings. The Bertz CT molecular complexity index is 779. The molecule has 6 nitrogen and oxygen atoms in total. The summed E-state index contributed by atoms with van der Waals surface area (Å²) in [5.74, 6) is 0.451. The Labute approximate surface area is 167 Å². The SMILES string of the molecule is CCc1ccc(CN2CCN(C)C3(CCN(C(=O)c4ccco4)CC3)C2)nc1. The number of aromatic nitrogens is 1. The fourth-order valence-corrected chi connectivity index (χ4v) is 4.49. The van der Waals surface area contributed by atoms with E-state index in [1.54, 1.807) is 18.4 Å². The molecule has 0 radical (unpaired) electrons. The van der Waals surface area contributed by atoms with Crippen LogP contribution in [-0.2, 0) is 13.0 Å². The van der Waals surface area contributed by atoms with Gasteiger partial charge in [0.1, 0.15) is 0 Å². The number of hydrogen-bond donors (Lipinski definition) is 0. The van der Waals surface area contributed by atoms with E-state index in [0.717, 1.165) is 64.2 Å². The first-order chi connectivity index (χ1) is 13.6. The molecule has 0 N–H and O–H groups in total. The molecule has 2 saturated heterocycles. The lowest BCUT2D eigenvalue weighted by Gasteiger charge is -2.53. The van der Waals surface area contributed by atoms with Crippen molar-refractivity contribution in [3.63, 3.8) is 0 Å². The molecule has 4 heterocycles. The van der Waals surface area contributed by atoms with Crippen LogP contribution in [0.25, 0.3) is 0 Å². The quantitative estimate of drug-likeness (QED) is 0.814. The van der Waals surface area contributed by atoms with Gasteiger partial charge in [0.25, 0.3) is 5.91 Å². The highest BCUT2D eigenvalue weighted by atomic mass is 16.3. The molecule has 6 heteroatoms. The standard InChI is InChI=1S/C22H30N4O2/c1-3-18-6-7-19(23-15-18)16-25-13-12-24(2)22(17-25)8-10-26(11-9-22)21(27)20-5-4-14-28-20/h4-7,14-15H,3,8-13,16-17H2,1-2H3. The monoisotopic (exact) mass is 382 g/mol. The third-order valence-corrected chi connectivity index (χ3v) is 6.47. The number of piperidine rings is 1. The molecule has 28 heavy (non-hydrogen) atoms. The van der Waals surface area contributed by atoms with E-state index in [2.05, 4.69) is 40.9 Å². The minimum atomic E-state index is 0.00961. The van der Waals surface area contributed by atoms with Crippen LogP contribution in [0.2, 0.25) is 0 Å². The number of amides is 1. The molecule has 0 aliphatic carbocycles. The lowest BCUT2D eigenvalue weighted by Crippen LogP contribution is -2.64. The second-order valence-corrected chi connectivity index (χ2v) is 8.14. The third-order valence-electron chi connectivity index (χ3n) is 6.47. The Balaban J connectivity index is 1.38. The Morgan fingerprint density at radius 3 is 2.64 bits per heavy atom. The maximum atomic E-state index is 12.6. The fraction of sp³-hybridized carbons (Fsp3) is 0.545. The summed E-state index contributed by atoms with van der Waals surface area (Å²) in [4.78, 5) is 24.2. The van der Waals surface area contributed by atoms with Crippen LogP contribution in [0.3, 0.4) is 0 Å². The van der Waals surface area contributed by atoms with Gasteiger partial charge in [0.2, 0.25) is 0 Å². The molecule has 4 rings (SSSR count). The van der Waals surface area contributed by atoms with Gasteiger partial charge in [0.15, 0.2) is 5.76 Å². The van der Waals surface area contributed by atoms with E-state index < -0.39 is 0 Å². The van der Waals surface area contributed by atoms with E-state index in [-0.39, 0.29) is 11.4 Å². The first kappa shape index (κ1) is 19.2. The molecular formula is C22H30N4O2. The van der Waals surface area contributed by atoms with Gasteiger partial charge in [-0.05, 0) is 50.1 Å². The van der Waals surface area contributed by atoms with E-state index >= 15 is 0 Å². The molecule has 1 amide bonds. The highest BCUT2D eigenvalue weighted by molar-refractivity contribution is 5.91. The van der Waals surface area contributed by atoms with Crippen molar-refractivity contribution in [3.05, 3.63) is 53.7 Å². The minimum Gasteiger partial charge on any atom is -0.459 e. The average Bonchev–Trinajstić information content (AvgIpc) is 3.26. The van der Waals surface area contributed by atoms with Gasteiger partial charge >= 0.3 is 0 Å². The van der Waals surface area contributed by atoms with Crippen LogP contribution in [0.4, 0.5) is 0 Å². The van der Waals surface area contributed by atoms with Crippen molar-refractivity contribution in [1.29, 1.82) is 0 Å². The van der Waals surface area contributed by atoms with Crippen LogP contribution in [0.1, 0.15) is 41.6 Å². The number of piperazine rings is 1. The van der Waals surface area contributed by atoms with Crippen LogP contribution in [0.5, 0.6) is 0 Å². The van der Waals surface area contributed by atoms with Crippen molar-refractivity contribution in [2.75, 3.05) is 39.8 Å². The van der Waals surface area contributed by atoms with Crippen molar-refractivity contribution < 1.29 is 9.21 Å². The average molecular weight is 383 g/mol. The second-order valence-electron chi connectivity index (χ2n) is 8.14. The van der Waals surface area contributed by atoms with Crippen LogP contribution >= 0.6 is 0 Å². The number of hydrogen-bond acceptors (Lipinski definition) is 5. The van der Waals surface area contributed by atoms with Gasteiger partial charge in [-0.2, -0.15) is 0 Å². The van der Waals surface area contributed by atoms with Crippen LogP contribution in [0, 0.1) is 0 Å². The Morgan fingerprint density at radius 2 is 2.00 bits per heavy atom. The molecule has 150 valence electrons. The van der Waals surface area contributed by atoms with Gasteiger partial charge in [-0.25, -0.2) is 0 Å². The van der Waals surface area contributed by atoms with Crippen molar-refractivity contribution in [2.45, 2.75) is 38.3 Å². The second kappa shape index (κ2) is 8.05. The predicted molar refractivity (Wildman–Crippen MR) is 108 cm³/mol. The molecule has 0 bridgehead atoms. The Hall–Kier alpha value is -2.18. The minimum absolute atomic E-state index is 0.00961. The predicted octanol–water partition coefficient (Wildman–Crippen LogP) is 2.66. The topological polar surface area (TPSA) is 52.8 Å². The van der Waals surface area contributed by atoms with E-state index in [4.69, 9.17) is 4.42 Å². The Morgan fingerprint density at radius 1 is 1.18 bits per heavy atom. The number of rotatable bonds is 4. The number of furan rings is 1. The van der Waals surface area contributed by atoms with Crippen molar-refractivity contribution in [3.8, 4) is 0 Å². The van der Waals surface area contributed by atoms with E-state index in [1.807, 2.05) is 11.1 Å². The lowest BCUT2D eigenvalue weighted by molar-refractivity contribution is -0.0269. The number of nitrogens with zero attached hydrogens (tertiary/aromatic N) is 4. The first-order valence-corrected chi connectivity index (χ1v) is 10.3. The van der Waals surface area contributed by atoms with Gasteiger partial charge in [0, 0.05) is 51.0 Å². The zero-order valence-corrected chi connectivity index (χ0v) is 16.9. The van der Waals surface area contributed by atoms with Crippen molar-refractivity contribution >= 4 is 5.91 Å². The van der Waals surface area contributed by atoms with Gasteiger partial charge in [-0.3, -0.25) is 19.6 Å². The van der Waals surface area contributed by atoms with Crippen LogP contribution in [0.15, 0.2) is 41.1 Å². The largest absolute Gasteiger partial charge is 0.459 e. The lowest BCUT2D eigenvalue weighted by atomic mass is 9.83. The summed E-state index contributed by atoms with van der Waals surface area (Å²) < 4.78 is 5.29. The summed E-state index contributed by atoms with van der Waals surface area (Å²) in [5, 5.41) is 0. The number of likely N-dealkylation sites (N-methyl/N-ethyl adjacent to an activating group) is 1. The maximum absolute atomic E-state index is 12.6. The highest BCUT2D eigenvalue weighted by Gasteiger charge is 2.43. The molecule has 2 aliphatic heterocycles. The summed E-state index contributed by atoms with van der Waals surface area (Å²) >= 11 is 0. The molecular weight excluding hydrogens is 352 g/mol. The van der Waals surface area contributed by atoms with Crippen LogP contribution < -0.4 is 0 Å². The fourth-order valence-electron chi connectivity index (χ4n) is 4.49. The van der Waals surface area contributed by atoms with Crippen molar-refractivity contribution in [1.82, 2.24) is 19.7 Å². The first-order valence-electron chi connectivity index (χ1n) is 10.3. The smallest absolute Gasteiger partial charge is 0.289 e. The van der Waals surface area contributed by atoms with Crippen LogP contribution in [-0.4, -0.2) is 70.9 Å². The summed E-state index contributed by atoms with van der Waals surface area (Å²) in [6.45, 7) is 7.76. The molecule has 2 aromatic heterocycles. The van der Waals surface area contributed by atoms with E-state index in [1.165, 1.54) is 5.56 Å². The zero-order valence-electron chi connectivity index (χ0n) is 16.9. The molecule has 1 spiro atoms. The summed E-state index contributed by atoms with van der Waals surface area (Å²) in [5.41, 5.74) is 2.57. The third kappa shape index (κ3) is 3.84. The molecule has 2 aromatic rings. The number of pyridine rings is 1. The van der Waals surface area contributed by atoms with E-state index in [9.17, 15) is 4.79 Å². The molecule has 0 aromatic carbocycles. The number of carbonyl (C=O) groups is 1. The molecule has 0 atom stereocenters. The van der Waals surface area contributed by atoms with Gasteiger partial charge < -0.3 is 9.32 Å². The molecule has 0 unspecified atom stereocenters. The molecule has 0 saturated carbocycles. The number of likely N-dealkylation sites (tertiary alicyclic amines) is 1. The Kier molecular flexibility index (Phi) is 5.51. The van der Waals surface area contributed by atoms with Gasteiger partial charge in [0.05, 0.1) is 12.0 Å². The number of carbonyl (C=O) groups excluding carboxylic acids is 1. The van der Waals surface area contributed by atoms with Gasteiger partial charge in [-0.15, -0.1) is 0 Å². The van der Waals surface area contributed by atoms with Crippen molar-refractivity contribution in [2.24, 2.45) is 0 Å². The molecule has 2 aliphatic rings. The van der Waals surface area contributed by atoms with E-state index in [0.29, 0.717) is 5.76 Å². The maximum Gasteiger partial charge on any atom is 0.289 e. The zero-order chi connectivity index (χ0) is 19.6. The summed E-state index contributed by atoms with van der Waals surface area (Å²) in [7, 11) is 2.23. The normalized spacial score (nSPS) is 20.6. The highest BCUT2D eigenvalue weighted by Crippen LogP contribution is 2.32. The van der Waals surface area contributed by atoms with Gasteiger partial charge in [-0.1, -0.05) is 13.0 Å². The number of aryl methyl sites for hydroxylation is 1. The summed E-state index contributed by atoms with van der Waals surface area (Å²) in [6.07, 6.45) is 6.58.